The third-order valence-electron chi connectivity index (χ3n) is 5.40. The zero-order chi connectivity index (χ0) is 20.4. The van der Waals surface area contributed by atoms with E-state index < -0.39 is 0 Å². The molecule has 0 atom stereocenters. The Morgan fingerprint density at radius 1 is 1.24 bits per heavy atom. The van der Waals surface area contributed by atoms with Gasteiger partial charge in [0.25, 0.3) is 5.91 Å². The number of aromatic amines is 3. The lowest BCUT2D eigenvalue weighted by atomic mass is 10.0. The standard InChI is InChI=1S/C19H24N8O2/c1-11-12(2)23-24-14(11)3-4-17(28)27-8-5-13-15(10-27)25-26-18(13)19(29)22-9-16-20-6-7-21-16/h6-7H,3-5,8-10H2,1-2H3,(H,20,21)(H,22,29)(H,23,24)(H,25,26). The predicted octanol–water partition coefficient (Wildman–Crippen LogP) is 0.920. The van der Waals surface area contributed by atoms with Gasteiger partial charge < -0.3 is 15.2 Å². The summed E-state index contributed by atoms with van der Waals surface area (Å²) in [5.74, 6) is 0.513. The first kappa shape index (κ1) is 18.9. The molecule has 0 spiro atoms. The van der Waals surface area contributed by atoms with E-state index in [1.54, 1.807) is 17.3 Å². The molecule has 29 heavy (non-hydrogen) atoms. The van der Waals surface area contributed by atoms with Gasteiger partial charge >= 0.3 is 0 Å². The molecule has 4 heterocycles. The van der Waals surface area contributed by atoms with Crippen molar-refractivity contribution in [1.29, 1.82) is 0 Å². The van der Waals surface area contributed by atoms with Crippen LogP contribution in [-0.2, 0) is 30.7 Å². The van der Waals surface area contributed by atoms with Crippen molar-refractivity contribution >= 4 is 11.8 Å². The van der Waals surface area contributed by atoms with Gasteiger partial charge in [0.05, 0.1) is 24.5 Å². The topological polar surface area (TPSA) is 135 Å². The van der Waals surface area contributed by atoms with Gasteiger partial charge in [0.1, 0.15) is 5.82 Å². The molecule has 0 saturated carbocycles. The normalized spacial score (nSPS) is 13.4. The van der Waals surface area contributed by atoms with E-state index in [1.807, 2.05) is 13.8 Å². The first-order valence-corrected chi connectivity index (χ1v) is 9.63. The summed E-state index contributed by atoms with van der Waals surface area (Å²) in [6.45, 7) is 5.30. The van der Waals surface area contributed by atoms with Gasteiger partial charge in [-0.3, -0.25) is 19.8 Å². The highest BCUT2D eigenvalue weighted by Gasteiger charge is 2.27. The largest absolute Gasteiger partial charge is 0.347 e. The highest BCUT2D eigenvalue weighted by atomic mass is 16.2. The molecule has 0 radical (unpaired) electrons. The van der Waals surface area contributed by atoms with Gasteiger partial charge in [-0.2, -0.15) is 10.2 Å². The van der Waals surface area contributed by atoms with E-state index in [9.17, 15) is 9.59 Å². The van der Waals surface area contributed by atoms with Crippen molar-refractivity contribution in [3.63, 3.8) is 0 Å². The third-order valence-corrected chi connectivity index (χ3v) is 5.40. The number of imidazole rings is 1. The minimum Gasteiger partial charge on any atom is -0.347 e. The quantitative estimate of drug-likeness (QED) is 0.491. The molecule has 3 aromatic rings. The number of H-pyrrole nitrogens is 3. The van der Waals surface area contributed by atoms with Gasteiger partial charge in [-0.05, 0) is 25.8 Å². The molecular weight excluding hydrogens is 372 g/mol. The van der Waals surface area contributed by atoms with Gasteiger partial charge in [0, 0.05) is 43.0 Å². The lowest BCUT2D eigenvalue weighted by Gasteiger charge is -2.27. The minimum absolute atomic E-state index is 0.0779. The molecule has 1 aliphatic rings. The molecular formula is C19H24N8O2. The molecule has 0 aromatic carbocycles. The van der Waals surface area contributed by atoms with E-state index in [4.69, 9.17) is 0 Å². The number of fused-ring (bicyclic) bond motifs is 1. The van der Waals surface area contributed by atoms with Crippen molar-refractivity contribution in [3.8, 4) is 0 Å². The van der Waals surface area contributed by atoms with Crippen LogP contribution >= 0.6 is 0 Å². The second kappa shape index (κ2) is 7.90. The van der Waals surface area contributed by atoms with E-state index in [-0.39, 0.29) is 11.8 Å². The van der Waals surface area contributed by atoms with Crippen LogP contribution in [0.4, 0.5) is 0 Å². The molecule has 2 amide bonds. The summed E-state index contributed by atoms with van der Waals surface area (Å²) in [6.07, 6.45) is 4.96. The molecule has 0 aliphatic carbocycles. The maximum atomic E-state index is 12.6. The third kappa shape index (κ3) is 3.91. The monoisotopic (exact) mass is 396 g/mol. The number of aryl methyl sites for hydroxylation is 2. The Balaban J connectivity index is 1.34. The van der Waals surface area contributed by atoms with Gasteiger partial charge in [0.15, 0.2) is 5.69 Å². The van der Waals surface area contributed by atoms with E-state index in [2.05, 4.69) is 35.7 Å². The first-order valence-electron chi connectivity index (χ1n) is 9.63. The van der Waals surface area contributed by atoms with Gasteiger partial charge in [-0.1, -0.05) is 0 Å². The Morgan fingerprint density at radius 2 is 2.10 bits per heavy atom. The maximum absolute atomic E-state index is 12.6. The van der Waals surface area contributed by atoms with E-state index in [0.717, 1.165) is 28.2 Å². The van der Waals surface area contributed by atoms with E-state index in [1.165, 1.54) is 0 Å². The molecule has 152 valence electrons. The molecule has 4 N–H and O–H groups in total. The molecule has 3 aromatic heterocycles. The fourth-order valence-electron chi connectivity index (χ4n) is 3.52. The highest BCUT2D eigenvalue weighted by Crippen LogP contribution is 2.21. The van der Waals surface area contributed by atoms with Gasteiger partial charge in [-0.15, -0.1) is 0 Å². The second-order valence-corrected chi connectivity index (χ2v) is 7.23. The molecule has 10 nitrogen and oxygen atoms in total. The van der Waals surface area contributed by atoms with Gasteiger partial charge in [0.2, 0.25) is 5.91 Å². The van der Waals surface area contributed by atoms with Crippen LogP contribution in [0, 0.1) is 13.8 Å². The lowest BCUT2D eigenvalue weighted by molar-refractivity contribution is -0.132. The Morgan fingerprint density at radius 3 is 2.83 bits per heavy atom. The fourth-order valence-corrected chi connectivity index (χ4v) is 3.52. The van der Waals surface area contributed by atoms with Crippen molar-refractivity contribution < 1.29 is 9.59 Å². The fraction of sp³-hybridized carbons (Fsp3) is 0.421. The number of hydrogen-bond donors (Lipinski definition) is 4. The summed E-state index contributed by atoms with van der Waals surface area (Å²) < 4.78 is 0. The molecule has 0 saturated heterocycles. The maximum Gasteiger partial charge on any atom is 0.272 e. The van der Waals surface area contributed by atoms with Crippen LogP contribution in [0.3, 0.4) is 0 Å². The summed E-state index contributed by atoms with van der Waals surface area (Å²) >= 11 is 0. The summed E-state index contributed by atoms with van der Waals surface area (Å²) in [7, 11) is 0. The number of carbonyl (C=O) groups is 2. The molecule has 0 bridgehead atoms. The zero-order valence-electron chi connectivity index (χ0n) is 16.5. The van der Waals surface area contributed by atoms with Crippen LogP contribution in [-0.4, -0.2) is 53.6 Å². The van der Waals surface area contributed by atoms with E-state index in [0.29, 0.717) is 50.4 Å². The number of nitrogens with one attached hydrogen (secondary N) is 4. The smallest absolute Gasteiger partial charge is 0.272 e. The number of rotatable bonds is 6. The van der Waals surface area contributed by atoms with Crippen LogP contribution in [0.2, 0.25) is 0 Å². The SMILES string of the molecule is Cc1[nH]nc(CCC(=O)N2CCc3c(C(=O)NCc4ncc[nH]4)n[nH]c3C2)c1C. The highest BCUT2D eigenvalue weighted by molar-refractivity contribution is 5.94. The average Bonchev–Trinajstić information content (AvgIpc) is 3.46. The molecule has 0 fully saturated rings. The van der Waals surface area contributed by atoms with Gasteiger partial charge in [-0.25, -0.2) is 4.98 Å². The van der Waals surface area contributed by atoms with Crippen LogP contribution in [0.25, 0.3) is 0 Å². The van der Waals surface area contributed by atoms with Crippen molar-refractivity contribution in [2.75, 3.05) is 6.54 Å². The number of amides is 2. The number of nitrogens with zero attached hydrogens (tertiary/aromatic N) is 4. The Labute approximate surface area is 167 Å². The second-order valence-electron chi connectivity index (χ2n) is 7.23. The minimum atomic E-state index is -0.247. The van der Waals surface area contributed by atoms with Crippen LogP contribution < -0.4 is 5.32 Å². The van der Waals surface area contributed by atoms with E-state index >= 15 is 0 Å². The summed E-state index contributed by atoms with van der Waals surface area (Å²) in [5.41, 5.74) is 5.17. The number of carbonyl (C=O) groups excluding carboxylic acids is 2. The Bertz CT molecular complexity index is 1020. The summed E-state index contributed by atoms with van der Waals surface area (Å²) in [6, 6.07) is 0. The Hall–Kier alpha value is -3.43. The van der Waals surface area contributed by atoms with Crippen molar-refractivity contribution in [2.24, 2.45) is 0 Å². The molecule has 1 aliphatic heterocycles. The van der Waals surface area contributed by atoms with Crippen molar-refractivity contribution in [1.82, 2.24) is 40.6 Å². The first-order chi connectivity index (χ1) is 14.0. The van der Waals surface area contributed by atoms with Crippen molar-refractivity contribution in [2.45, 2.75) is 46.2 Å². The number of aromatic nitrogens is 6. The van der Waals surface area contributed by atoms with Crippen LogP contribution in [0.15, 0.2) is 12.4 Å². The number of hydrogen-bond acceptors (Lipinski definition) is 5. The van der Waals surface area contributed by atoms with Crippen molar-refractivity contribution in [3.05, 3.63) is 52.1 Å². The molecule has 10 heteroatoms. The Kier molecular flexibility index (Phi) is 5.15. The summed E-state index contributed by atoms with van der Waals surface area (Å²) in [4.78, 5) is 33.9. The predicted molar refractivity (Wildman–Crippen MR) is 104 cm³/mol. The van der Waals surface area contributed by atoms with Crippen LogP contribution in [0.1, 0.15) is 50.9 Å². The average molecular weight is 396 g/mol. The summed E-state index contributed by atoms with van der Waals surface area (Å²) in [5, 5.41) is 17.1. The van der Waals surface area contributed by atoms with Crippen LogP contribution in [0.5, 0.6) is 0 Å². The lowest BCUT2D eigenvalue weighted by Crippen LogP contribution is -2.36. The molecule has 0 unspecified atom stereocenters. The zero-order valence-corrected chi connectivity index (χ0v) is 16.5. The molecule has 4 rings (SSSR count).